The van der Waals surface area contributed by atoms with Gasteiger partial charge in [-0.05, 0) is 48.0 Å². The number of carbonyl (C=O) groups is 1. The molecule has 0 atom stereocenters. The van der Waals surface area contributed by atoms with Crippen molar-refractivity contribution in [2.45, 2.75) is 12.8 Å². The number of hydrogen-bond acceptors (Lipinski definition) is 3. The van der Waals surface area contributed by atoms with E-state index in [1.54, 1.807) is 24.3 Å². The van der Waals surface area contributed by atoms with Gasteiger partial charge in [0.2, 0.25) is 0 Å². The third-order valence-corrected chi connectivity index (χ3v) is 4.10. The highest BCUT2D eigenvalue weighted by atomic mass is 35.5. The highest BCUT2D eigenvalue weighted by molar-refractivity contribution is 6.30. The minimum atomic E-state index is -4.55. The van der Waals surface area contributed by atoms with Gasteiger partial charge >= 0.3 is 6.18 Å². The van der Waals surface area contributed by atoms with Gasteiger partial charge < -0.3 is 10.2 Å². The van der Waals surface area contributed by atoms with Crippen LogP contribution < -0.4 is 15.7 Å². The van der Waals surface area contributed by atoms with E-state index in [1.807, 2.05) is 0 Å². The van der Waals surface area contributed by atoms with Crippen LogP contribution in [0.25, 0.3) is 0 Å². The molecule has 0 bridgehead atoms. The maximum Gasteiger partial charge on any atom is 0.416 e. The first-order chi connectivity index (χ1) is 13.7. The average molecular weight is 423 g/mol. The third kappa shape index (κ3) is 5.17. The molecule has 0 fully saturated rings. The fourth-order valence-corrected chi connectivity index (χ4v) is 2.71. The lowest BCUT2D eigenvalue weighted by molar-refractivity contribution is -0.137. The molecule has 1 aromatic heterocycles. The molecule has 0 spiro atoms. The molecule has 1 N–H and O–H groups in total. The zero-order valence-electron chi connectivity index (χ0n) is 14.7. The Kier molecular flexibility index (Phi) is 5.93. The predicted molar refractivity (Wildman–Crippen MR) is 102 cm³/mol. The average Bonchev–Trinajstić information content (AvgIpc) is 2.67. The first kappa shape index (κ1) is 20.5. The van der Waals surface area contributed by atoms with Crippen LogP contribution in [0.4, 0.5) is 18.9 Å². The molecule has 0 radical (unpaired) electrons. The maximum absolute atomic E-state index is 12.8. The molecule has 0 aliphatic heterocycles. The Bertz CT molecular complexity index is 1100. The number of nitrogens with zero attached hydrogens (tertiary/aromatic N) is 1. The molecular weight excluding hydrogens is 409 g/mol. The number of pyridine rings is 1. The van der Waals surface area contributed by atoms with Crippen molar-refractivity contribution in [1.29, 1.82) is 0 Å². The van der Waals surface area contributed by atoms with Crippen molar-refractivity contribution in [2.24, 2.45) is 0 Å². The van der Waals surface area contributed by atoms with Crippen molar-refractivity contribution in [3.8, 4) is 0 Å². The fourth-order valence-electron chi connectivity index (χ4n) is 2.49. The molecule has 5 nitrogen and oxygen atoms in total. The topological polar surface area (TPSA) is 60.3 Å². The quantitative estimate of drug-likeness (QED) is 0.663. The second-order valence-electron chi connectivity index (χ2n) is 5.99. The second kappa shape index (κ2) is 8.40. The molecule has 29 heavy (non-hydrogen) atoms. The lowest BCUT2D eigenvalue weighted by Crippen LogP contribution is -2.32. The molecule has 150 valence electrons. The van der Waals surface area contributed by atoms with Gasteiger partial charge in [-0.1, -0.05) is 29.8 Å². The van der Waals surface area contributed by atoms with Crippen molar-refractivity contribution < 1.29 is 22.8 Å². The number of alkyl halides is 3. The molecule has 0 aliphatic carbocycles. The third-order valence-electron chi connectivity index (χ3n) is 3.87. The van der Waals surface area contributed by atoms with Gasteiger partial charge in [0.05, 0.1) is 5.56 Å². The van der Waals surface area contributed by atoms with E-state index < -0.39 is 23.2 Å². The fraction of sp³-hybridized carbons (Fsp3) is 0.100. The Balaban J connectivity index is 1.76. The van der Waals surface area contributed by atoms with E-state index in [4.69, 9.17) is 16.4 Å². The minimum absolute atomic E-state index is 0.0270. The zero-order chi connectivity index (χ0) is 21.0. The summed E-state index contributed by atoms with van der Waals surface area (Å²) in [5.74, 6) is -0.852. The molecule has 3 aromatic rings. The number of carbonyl (C=O) groups excluding carboxylic acids is 1. The molecular formula is C20H14ClF3N2O3. The van der Waals surface area contributed by atoms with E-state index in [0.29, 0.717) is 10.6 Å². The smallest absolute Gasteiger partial charge is 0.406 e. The summed E-state index contributed by atoms with van der Waals surface area (Å²) in [4.78, 5) is 30.3. The van der Waals surface area contributed by atoms with Gasteiger partial charge in [-0.25, -0.2) is 0 Å². The van der Waals surface area contributed by atoms with Crippen LogP contribution in [0.3, 0.4) is 0 Å². The SMILES string of the molecule is O=C(Nc1cccc(C(F)(F)F)c1)c1cccn(OCc2cccc(Cl)c2)c1=O. The largest absolute Gasteiger partial charge is 0.416 e. The highest BCUT2D eigenvalue weighted by Gasteiger charge is 2.30. The summed E-state index contributed by atoms with van der Waals surface area (Å²) < 4.78 is 39.3. The number of aromatic nitrogens is 1. The van der Waals surface area contributed by atoms with Crippen molar-refractivity contribution in [1.82, 2.24) is 4.73 Å². The lowest BCUT2D eigenvalue weighted by atomic mass is 10.2. The number of benzene rings is 2. The molecule has 0 saturated heterocycles. The van der Waals surface area contributed by atoms with Crippen LogP contribution in [0.15, 0.2) is 71.7 Å². The van der Waals surface area contributed by atoms with Crippen molar-refractivity contribution in [3.63, 3.8) is 0 Å². The van der Waals surface area contributed by atoms with Gasteiger partial charge in [-0.3, -0.25) is 9.59 Å². The second-order valence-corrected chi connectivity index (χ2v) is 6.43. The predicted octanol–water partition coefficient (Wildman–Crippen LogP) is 4.40. The standard InChI is InChI=1S/C20H14ClF3N2O3/c21-15-6-1-4-13(10-15)12-29-26-9-3-8-17(19(26)28)18(27)25-16-7-2-5-14(11-16)20(22,23)24/h1-11H,12H2,(H,25,27). The number of hydrogen-bond donors (Lipinski definition) is 1. The Morgan fingerprint density at radius 3 is 2.55 bits per heavy atom. The Labute approximate surface area is 168 Å². The van der Waals surface area contributed by atoms with Crippen LogP contribution in [0.1, 0.15) is 21.5 Å². The monoisotopic (exact) mass is 422 g/mol. The van der Waals surface area contributed by atoms with Crippen LogP contribution >= 0.6 is 11.6 Å². The van der Waals surface area contributed by atoms with Gasteiger partial charge in [0.15, 0.2) is 0 Å². The normalized spacial score (nSPS) is 11.2. The molecule has 2 aromatic carbocycles. The summed E-state index contributed by atoms with van der Waals surface area (Å²) in [6, 6.07) is 13.6. The van der Waals surface area contributed by atoms with Gasteiger partial charge in [0.25, 0.3) is 11.5 Å². The molecule has 1 heterocycles. The first-order valence-electron chi connectivity index (χ1n) is 8.32. The number of halogens is 4. The summed E-state index contributed by atoms with van der Waals surface area (Å²) in [5.41, 5.74) is -1.32. The Morgan fingerprint density at radius 2 is 1.83 bits per heavy atom. The number of rotatable bonds is 5. The molecule has 3 rings (SSSR count). The summed E-state index contributed by atoms with van der Waals surface area (Å²) in [6.45, 7) is 0.0270. The van der Waals surface area contributed by atoms with E-state index >= 15 is 0 Å². The first-order valence-corrected chi connectivity index (χ1v) is 8.70. The van der Waals surface area contributed by atoms with E-state index in [-0.39, 0.29) is 17.9 Å². The highest BCUT2D eigenvalue weighted by Crippen LogP contribution is 2.30. The van der Waals surface area contributed by atoms with Gasteiger partial charge in [-0.15, -0.1) is 0 Å². The summed E-state index contributed by atoms with van der Waals surface area (Å²) in [7, 11) is 0. The van der Waals surface area contributed by atoms with E-state index in [1.165, 1.54) is 24.4 Å². The summed E-state index contributed by atoms with van der Waals surface area (Å²) in [6.07, 6.45) is -3.22. The zero-order valence-corrected chi connectivity index (χ0v) is 15.5. The number of nitrogens with one attached hydrogen (secondary N) is 1. The lowest BCUT2D eigenvalue weighted by Gasteiger charge is -2.11. The van der Waals surface area contributed by atoms with E-state index in [0.717, 1.165) is 22.9 Å². The Hall–Kier alpha value is -3.26. The van der Waals surface area contributed by atoms with Crippen LogP contribution in [-0.2, 0) is 12.8 Å². The van der Waals surface area contributed by atoms with E-state index in [2.05, 4.69) is 5.32 Å². The molecule has 9 heteroatoms. The van der Waals surface area contributed by atoms with Crippen molar-refractivity contribution in [3.05, 3.63) is 98.9 Å². The molecule has 1 amide bonds. The summed E-state index contributed by atoms with van der Waals surface area (Å²) >= 11 is 5.89. The molecule has 0 saturated carbocycles. The van der Waals surface area contributed by atoms with Crippen LogP contribution in [0, 0.1) is 0 Å². The maximum atomic E-state index is 12.8. The minimum Gasteiger partial charge on any atom is -0.406 e. The molecule has 0 unspecified atom stereocenters. The summed E-state index contributed by atoms with van der Waals surface area (Å²) in [5, 5.41) is 2.80. The van der Waals surface area contributed by atoms with Crippen LogP contribution in [-0.4, -0.2) is 10.6 Å². The van der Waals surface area contributed by atoms with Gasteiger partial charge in [-0.2, -0.15) is 17.9 Å². The van der Waals surface area contributed by atoms with Crippen LogP contribution in [0.5, 0.6) is 0 Å². The Morgan fingerprint density at radius 1 is 1.07 bits per heavy atom. The van der Waals surface area contributed by atoms with Crippen LogP contribution in [0.2, 0.25) is 5.02 Å². The van der Waals surface area contributed by atoms with Crippen molar-refractivity contribution in [2.75, 3.05) is 5.32 Å². The van der Waals surface area contributed by atoms with Gasteiger partial charge in [0.1, 0.15) is 12.2 Å². The van der Waals surface area contributed by atoms with Gasteiger partial charge in [0, 0.05) is 16.9 Å². The van der Waals surface area contributed by atoms with E-state index in [9.17, 15) is 22.8 Å². The van der Waals surface area contributed by atoms with Crippen molar-refractivity contribution >= 4 is 23.2 Å². The number of amides is 1. The molecule has 0 aliphatic rings. The number of anilines is 1.